The van der Waals surface area contributed by atoms with Gasteiger partial charge in [-0.15, -0.1) is 11.3 Å². The molecule has 4 nitrogen and oxygen atoms in total. The largest absolute Gasteiger partial charge is 0.396 e. The van der Waals surface area contributed by atoms with Gasteiger partial charge in [-0.3, -0.25) is 9.59 Å². The Balaban J connectivity index is 1.88. The minimum Gasteiger partial charge on any atom is -0.396 e. The molecule has 1 aromatic carbocycles. The summed E-state index contributed by atoms with van der Waals surface area (Å²) in [6.07, 6.45) is 0.809. The predicted octanol–water partition coefficient (Wildman–Crippen LogP) is 2.43. The monoisotopic (exact) mass is 315 g/mol. The van der Waals surface area contributed by atoms with Crippen molar-refractivity contribution in [3.63, 3.8) is 0 Å². The SMILES string of the molecule is O=C(c1cccs1)c1ccccc1C(=O)N1CCC(CO)C1. The number of ketones is 1. The molecule has 1 saturated heterocycles. The first kappa shape index (κ1) is 14.9. The van der Waals surface area contributed by atoms with Crippen LogP contribution in [0.1, 0.15) is 32.0 Å². The lowest BCUT2D eigenvalue weighted by atomic mass is 10.0. The van der Waals surface area contributed by atoms with Gasteiger partial charge in [0.15, 0.2) is 0 Å². The van der Waals surface area contributed by atoms with Gasteiger partial charge in [0.2, 0.25) is 5.78 Å². The number of aliphatic hydroxyl groups excluding tert-OH is 1. The van der Waals surface area contributed by atoms with Crippen LogP contribution in [0.15, 0.2) is 41.8 Å². The van der Waals surface area contributed by atoms with Crippen LogP contribution >= 0.6 is 11.3 Å². The van der Waals surface area contributed by atoms with Crippen molar-refractivity contribution in [3.8, 4) is 0 Å². The summed E-state index contributed by atoms with van der Waals surface area (Å²) in [5.74, 6) is -0.0996. The van der Waals surface area contributed by atoms with Crippen LogP contribution < -0.4 is 0 Å². The van der Waals surface area contributed by atoms with E-state index in [0.29, 0.717) is 29.1 Å². The van der Waals surface area contributed by atoms with E-state index in [0.717, 1.165) is 6.42 Å². The lowest BCUT2D eigenvalue weighted by molar-refractivity contribution is 0.0777. The van der Waals surface area contributed by atoms with Crippen LogP contribution in [0.4, 0.5) is 0 Å². The quantitative estimate of drug-likeness (QED) is 0.882. The maximum Gasteiger partial charge on any atom is 0.254 e. The van der Waals surface area contributed by atoms with Gasteiger partial charge in [0.25, 0.3) is 5.91 Å². The minimum atomic E-state index is -0.128. The first-order valence-corrected chi connectivity index (χ1v) is 8.16. The second kappa shape index (κ2) is 6.42. The summed E-state index contributed by atoms with van der Waals surface area (Å²) in [7, 11) is 0. The van der Waals surface area contributed by atoms with E-state index in [1.807, 2.05) is 11.4 Å². The van der Waals surface area contributed by atoms with Crippen molar-refractivity contribution in [2.45, 2.75) is 6.42 Å². The normalized spacial score (nSPS) is 17.7. The van der Waals surface area contributed by atoms with Gasteiger partial charge in [0.05, 0.1) is 10.4 Å². The number of carbonyl (C=O) groups excluding carboxylic acids is 2. The van der Waals surface area contributed by atoms with Crippen molar-refractivity contribution in [3.05, 3.63) is 57.8 Å². The number of nitrogens with zero attached hydrogens (tertiary/aromatic N) is 1. The van der Waals surface area contributed by atoms with E-state index in [9.17, 15) is 14.7 Å². The molecule has 1 aromatic heterocycles. The summed E-state index contributed by atoms with van der Waals surface area (Å²) in [5, 5.41) is 11.1. The third-order valence-corrected chi connectivity index (χ3v) is 4.85. The Kier molecular flexibility index (Phi) is 4.36. The van der Waals surface area contributed by atoms with Gasteiger partial charge in [0.1, 0.15) is 0 Å². The Morgan fingerprint density at radius 1 is 1.18 bits per heavy atom. The van der Waals surface area contributed by atoms with Crippen molar-refractivity contribution < 1.29 is 14.7 Å². The second-order valence-electron chi connectivity index (χ2n) is 5.44. The molecule has 1 fully saturated rings. The molecule has 1 aliphatic heterocycles. The molecule has 0 spiro atoms. The molecule has 114 valence electrons. The zero-order chi connectivity index (χ0) is 15.5. The number of aliphatic hydroxyl groups is 1. The van der Waals surface area contributed by atoms with Gasteiger partial charge < -0.3 is 10.0 Å². The van der Waals surface area contributed by atoms with E-state index in [4.69, 9.17) is 0 Å². The molecule has 1 atom stereocenters. The molecule has 0 radical (unpaired) electrons. The fraction of sp³-hybridized carbons (Fsp3) is 0.294. The van der Waals surface area contributed by atoms with E-state index >= 15 is 0 Å². The topological polar surface area (TPSA) is 57.6 Å². The summed E-state index contributed by atoms with van der Waals surface area (Å²) >= 11 is 1.38. The van der Waals surface area contributed by atoms with Gasteiger partial charge in [-0.2, -0.15) is 0 Å². The molecular weight excluding hydrogens is 298 g/mol. The van der Waals surface area contributed by atoms with Crippen LogP contribution in [0.2, 0.25) is 0 Å². The highest BCUT2D eigenvalue weighted by molar-refractivity contribution is 7.12. The van der Waals surface area contributed by atoms with Crippen LogP contribution in [0.25, 0.3) is 0 Å². The summed E-state index contributed by atoms with van der Waals surface area (Å²) in [5.41, 5.74) is 0.891. The van der Waals surface area contributed by atoms with Crippen molar-refractivity contribution in [2.24, 2.45) is 5.92 Å². The summed E-state index contributed by atoms with van der Waals surface area (Å²) < 4.78 is 0. The molecule has 2 aromatic rings. The molecule has 5 heteroatoms. The molecule has 1 N–H and O–H groups in total. The highest BCUT2D eigenvalue weighted by atomic mass is 32.1. The summed E-state index contributed by atoms with van der Waals surface area (Å²) in [6, 6.07) is 10.6. The number of hydrogen-bond acceptors (Lipinski definition) is 4. The number of thiophene rings is 1. The van der Waals surface area contributed by atoms with Crippen LogP contribution in [0.5, 0.6) is 0 Å². The van der Waals surface area contributed by atoms with E-state index in [2.05, 4.69) is 0 Å². The smallest absolute Gasteiger partial charge is 0.254 e. The predicted molar refractivity (Wildman–Crippen MR) is 85.3 cm³/mol. The first-order chi connectivity index (χ1) is 10.7. The minimum absolute atomic E-state index is 0.0968. The van der Waals surface area contributed by atoms with Crippen LogP contribution in [-0.4, -0.2) is 41.4 Å². The number of amides is 1. The Hall–Kier alpha value is -1.98. The maximum absolute atomic E-state index is 12.7. The average Bonchev–Trinajstić information content (AvgIpc) is 3.24. The van der Waals surface area contributed by atoms with Crippen molar-refractivity contribution in [2.75, 3.05) is 19.7 Å². The van der Waals surface area contributed by atoms with Gasteiger partial charge in [-0.25, -0.2) is 0 Å². The van der Waals surface area contributed by atoms with Gasteiger partial charge >= 0.3 is 0 Å². The number of rotatable bonds is 4. The van der Waals surface area contributed by atoms with Gasteiger partial charge in [-0.05, 0) is 23.9 Å². The number of likely N-dealkylation sites (tertiary alicyclic amines) is 1. The maximum atomic E-state index is 12.7. The Morgan fingerprint density at radius 2 is 1.95 bits per heavy atom. The third kappa shape index (κ3) is 2.82. The molecule has 2 heterocycles. The van der Waals surface area contributed by atoms with E-state index in [-0.39, 0.29) is 24.2 Å². The van der Waals surface area contributed by atoms with E-state index in [1.54, 1.807) is 35.2 Å². The molecule has 0 saturated carbocycles. The Morgan fingerprint density at radius 3 is 2.59 bits per heavy atom. The summed E-state index contributed by atoms with van der Waals surface area (Å²) in [4.78, 5) is 27.6. The van der Waals surface area contributed by atoms with Gasteiger partial charge in [-0.1, -0.05) is 24.3 Å². The third-order valence-electron chi connectivity index (χ3n) is 3.98. The average molecular weight is 315 g/mol. The lowest BCUT2D eigenvalue weighted by Gasteiger charge is -2.18. The van der Waals surface area contributed by atoms with E-state index in [1.165, 1.54) is 11.3 Å². The second-order valence-corrected chi connectivity index (χ2v) is 6.39. The highest BCUT2D eigenvalue weighted by Gasteiger charge is 2.28. The first-order valence-electron chi connectivity index (χ1n) is 7.28. The molecule has 0 bridgehead atoms. The molecule has 3 rings (SSSR count). The molecule has 1 unspecified atom stereocenters. The standard InChI is InChI=1S/C17H17NO3S/c19-11-12-7-8-18(10-12)17(21)14-5-2-1-4-13(14)16(20)15-6-3-9-22-15/h1-6,9,12,19H,7-8,10-11H2. The van der Waals surface area contributed by atoms with Crippen molar-refractivity contribution in [1.29, 1.82) is 0 Å². The fourth-order valence-electron chi connectivity index (χ4n) is 2.74. The van der Waals surface area contributed by atoms with E-state index < -0.39 is 0 Å². The van der Waals surface area contributed by atoms with Crippen molar-refractivity contribution in [1.82, 2.24) is 4.90 Å². The number of hydrogen-bond donors (Lipinski definition) is 1. The van der Waals surface area contributed by atoms with Crippen LogP contribution in [-0.2, 0) is 0 Å². The van der Waals surface area contributed by atoms with Crippen LogP contribution in [0.3, 0.4) is 0 Å². The number of benzene rings is 1. The molecule has 1 aliphatic rings. The van der Waals surface area contributed by atoms with Crippen molar-refractivity contribution >= 4 is 23.0 Å². The molecule has 0 aliphatic carbocycles. The highest BCUT2D eigenvalue weighted by Crippen LogP contribution is 2.22. The molecular formula is C17H17NO3S. The summed E-state index contributed by atoms with van der Waals surface area (Å²) in [6.45, 7) is 1.28. The zero-order valence-electron chi connectivity index (χ0n) is 12.1. The van der Waals surface area contributed by atoms with Crippen LogP contribution in [0, 0.1) is 5.92 Å². The molecule has 22 heavy (non-hydrogen) atoms. The number of carbonyl (C=O) groups is 2. The zero-order valence-corrected chi connectivity index (χ0v) is 12.9. The molecule has 1 amide bonds. The lowest BCUT2D eigenvalue weighted by Crippen LogP contribution is -2.30. The van der Waals surface area contributed by atoms with Gasteiger partial charge in [0, 0.05) is 31.2 Å². The Bertz CT molecular complexity index is 681. The fourth-order valence-corrected chi connectivity index (χ4v) is 3.42. The Labute approximate surface area is 133 Å².